The first-order chi connectivity index (χ1) is 29.4. The predicted molar refractivity (Wildman–Crippen MR) is 240 cm³/mol. The number of esters is 2. The molecule has 6 unspecified atom stereocenters. The minimum Gasteiger partial charge on any atom is -0.462 e. The maximum Gasteiger partial charge on any atom is 0.472 e. The molecule has 1 aliphatic rings. The SMILES string of the molecule is CCCCCCCC/C=C\C/C=C\C/C=C\CCCC(=O)OC[C@H](COP(=O)(O)OC1C(O)C(O)C(O)[C@@H](O)C1O)OC(=O)CCCCCCCCCCCCCCCCC. The summed E-state index contributed by atoms with van der Waals surface area (Å²) in [4.78, 5) is 35.7. The van der Waals surface area contributed by atoms with Crippen LogP contribution in [-0.4, -0.2) is 98.3 Å². The number of aliphatic hydroxyl groups excluding tert-OH is 5. The van der Waals surface area contributed by atoms with E-state index < -0.39 is 75.7 Å². The Morgan fingerprint density at radius 3 is 1.39 bits per heavy atom. The maximum atomic E-state index is 12.8. The number of hydrogen-bond acceptors (Lipinski definition) is 12. The summed E-state index contributed by atoms with van der Waals surface area (Å²) in [6.45, 7) is 3.26. The highest BCUT2D eigenvalue weighted by Crippen LogP contribution is 2.47. The molecule has 0 spiro atoms. The molecule has 1 rings (SSSR count). The van der Waals surface area contributed by atoms with Crippen LogP contribution in [0.1, 0.15) is 194 Å². The molecule has 356 valence electrons. The molecule has 0 aromatic carbocycles. The van der Waals surface area contributed by atoms with Crippen molar-refractivity contribution in [2.45, 2.75) is 236 Å². The van der Waals surface area contributed by atoms with Gasteiger partial charge in [0.1, 0.15) is 43.2 Å². The molecule has 0 radical (unpaired) electrons. The van der Waals surface area contributed by atoms with E-state index in [9.17, 15) is 44.6 Å². The van der Waals surface area contributed by atoms with Crippen LogP contribution in [0, 0.1) is 0 Å². The lowest BCUT2D eigenvalue weighted by Gasteiger charge is -2.41. The summed E-state index contributed by atoms with van der Waals surface area (Å²) in [6.07, 6.45) is 29.2. The molecular weight excluding hydrogens is 803 g/mol. The molecule has 1 fully saturated rings. The van der Waals surface area contributed by atoms with Crippen molar-refractivity contribution in [3.63, 3.8) is 0 Å². The normalized spacial score (nSPS) is 22.3. The van der Waals surface area contributed by atoms with E-state index in [0.29, 0.717) is 19.3 Å². The molecule has 0 amide bonds. The molecule has 8 atom stereocenters. The molecule has 14 heteroatoms. The van der Waals surface area contributed by atoms with Gasteiger partial charge in [-0.05, 0) is 44.9 Å². The number of phosphoric acid groups is 1. The molecule has 0 aromatic rings. The van der Waals surface area contributed by atoms with E-state index >= 15 is 0 Å². The number of ether oxygens (including phenoxy) is 2. The Balaban J connectivity index is 2.48. The van der Waals surface area contributed by atoms with Crippen LogP contribution >= 0.6 is 7.82 Å². The van der Waals surface area contributed by atoms with Gasteiger partial charge in [-0.25, -0.2) is 4.57 Å². The average molecular weight is 889 g/mol. The summed E-state index contributed by atoms with van der Waals surface area (Å²) in [5.74, 6) is -1.15. The second kappa shape index (κ2) is 37.4. The van der Waals surface area contributed by atoms with Gasteiger partial charge in [0.25, 0.3) is 0 Å². The second-order valence-corrected chi connectivity index (χ2v) is 18.0. The number of carbonyl (C=O) groups is 2. The van der Waals surface area contributed by atoms with E-state index in [1.165, 1.54) is 103 Å². The maximum absolute atomic E-state index is 12.8. The molecule has 0 heterocycles. The van der Waals surface area contributed by atoms with Crippen LogP contribution in [0.4, 0.5) is 0 Å². The fourth-order valence-electron chi connectivity index (χ4n) is 7.13. The van der Waals surface area contributed by atoms with Gasteiger partial charge in [-0.2, -0.15) is 0 Å². The molecular formula is C47H85O13P. The topological polar surface area (TPSA) is 210 Å². The minimum absolute atomic E-state index is 0.0893. The number of hydrogen-bond donors (Lipinski definition) is 6. The standard InChI is InChI=1S/C47H85O13P/c1-3-5-7-9-11-13-15-17-19-20-22-23-25-27-29-31-33-35-40(48)57-37-39(38-58-61(55,56)60-47-45(53)43(51)42(50)44(52)46(47)54)59-41(49)36-34-32-30-28-26-24-21-18-16-14-12-10-8-6-4-2/h17,19,22-23,27,29,39,42-47,50-54H,3-16,18,20-21,24-26,28,30-38H2,1-2H3,(H,55,56)/b19-17-,23-22-,29-27-/t39-,42?,43-,44?,45?,46?,47?/m1/s1. The van der Waals surface area contributed by atoms with Crippen molar-refractivity contribution in [3.8, 4) is 0 Å². The van der Waals surface area contributed by atoms with Crippen LogP contribution < -0.4 is 0 Å². The third kappa shape index (κ3) is 30.0. The van der Waals surface area contributed by atoms with Gasteiger partial charge in [0.2, 0.25) is 0 Å². The molecule has 0 aliphatic heterocycles. The van der Waals surface area contributed by atoms with E-state index in [1.807, 2.05) is 12.2 Å². The summed E-state index contributed by atoms with van der Waals surface area (Å²) in [7, 11) is -5.13. The summed E-state index contributed by atoms with van der Waals surface area (Å²) in [6, 6.07) is 0. The number of allylic oxidation sites excluding steroid dienone is 6. The number of phosphoric ester groups is 1. The molecule has 0 aromatic heterocycles. The predicted octanol–water partition coefficient (Wildman–Crippen LogP) is 9.39. The van der Waals surface area contributed by atoms with Crippen molar-refractivity contribution in [2.75, 3.05) is 13.2 Å². The minimum atomic E-state index is -5.13. The first kappa shape index (κ1) is 57.1. The van der Waals surface area contributed by atoms with E-state index in [-0.39, 0.29) is 12.8 Å². The Labute approximate surface area is 368 Å². The van der Waals surface area contributed by atoms with Gasteiger partial charge in [0.15, 0.2) is 6.10 Å². The molecule has 1 aliphatic carbocycles. The van der Waals surface area contributed by atoms with Crippen molar-refractivity contribution < 1.29 is 63.1 Å². The first-order valence-electron chi connectivity index (χ1n) is 23.8. The Bertz CT molecular complexity index is 1210. The summed E-state index contributed by atoms with van der Waals surface area (Å²) in [5.41, 5.74) is 0. The Hall–Kier alpha value is -1.93. The van der Waals surface area contributed by atoms with E-state index in [2.05, 4.69) is 38.2 Å². The Kier molecular flexibility index (Phi) is 35.0. The van der Waals surface area contributed by atoms with Gasteiger partial charge in [0, 0.05) is 12.8 Å². The number of unbranched alkanes of at least 4 members (excludes halogenated alkanes) is 21. The van der Waals surface area contributed by atoms with Crippen LogP contribution in [0.2, 0.25) is 0 Å². The fourth-order valence-corrected chi connectivity index (χ4v) is 8.10. The molecule has 13 nitrogen and oxygen atoms in total. The van der Waals surface area contributed by atoms with Crippen LogP contribution in [0.25, 0.3) is 0 Å². The third-order valence-corrected chi connectivity index (χ3v) is 12.0. The average Bonchev–Trinajstić information content (AvgIpc) is 3.24. The summed E-state index contributed by atoms with van der Waals surface area (Å²) in [5, 5.41) is 50.1. The largest absolute Gasteiger partial charge is 0.472 e. The lowest BCUT2D eigenvalue weighted by molar-refractivity contribution is -0.220. The van der Waals surface area contributed by atoms with Gasteiger partial charge in [-0.3, -0.25) is 18.6 Å². The van der Waals surface area contributed by atoms with E-state index in [0.717, 1.165) is 44.9 Å². The Morgan fingerprint density at radius 2 is 0.902 bits per heavy atom. The smallest absolute Gasteiger partial charge is 0.462 e. The van der Waals surface area contributed by atoms with Crippen molar-refractivity contribution >= 4 is 19.8 Å². The summed E-state index contributed by atoms with van der Waals surface area (Å²) < 4.78 is 33.5. The van der Waals surface area contributed by atoms with Gasteiger partial charge >= 0.3 is 19.8 Å². The second-order valence-electron chi connectivity index (χ2n) is 16.6. The molecule has 0 bridgehead atoms. The highest BCUT2D eigenvalue weighted by molar-refractivity contribution is 7.47. The van der Waals surface area contributed by atoms with Gasteiger partial charge in [-0.15, -0.1) is 0 Å². The van der Waals surface area contributed by atoms with Crippen molar-refractivity contribution in [1.82, 2.24) is 0 Å². The van der Waals surface area contributed by atoms with E-state index in [4.69, 9.17) is 18.5 Å². The highest BCUT2D eigenvalue weighted by atomic mass is 31.2. The highest BCUT2D eigenvalue weighted by Gasteiger charge is 2.51. The van der Waals surface area contributed by atoms with Crippen LogP contribution in [0.5, 0.6) is 0 Å². The first-order valence-corrected chi connectivity index (χ1v) is 25.3. The summed E-state index contributed by atoms with van der Waals surface area (Å²) >= 11 is 0. The zero-order valence-corrected chi connectivity index (χ0v) is 38.6. The van der Waals surface area contributed by atoms with Gasteiger partial charge < -0.3 is 39.9 Å². The monoisotopic (exact) mass is 889 g/mol. The molecule has 1 saturated carbocycles. The third-order valence-electron chi connectivity index (χ3n) is 11.0. The van der Waals surface area contributed by atoms with Crippen molar-refractivity contribution in [1.29, 1.82) is 0 Å². The fraction of sp³-hybridized carbons (Fsp3) is 0.830. The zero-order valence-electron chi connectivity index (χ0n) is 37.7. The number of aliphatic hydroxyl groups is 5. The quantitative estimate of drug-likeness (QED) is 0.0147. The van der Waals surface area contributed by atoms with Gasteiger partial charge in [0.05, 0.1) is 6.61 Å². The lowest BCUT2D eigenvalue weighted by Crippen LogP contribution is -2.64. The molecule has 61 heavy (non-hydrogen) atoms. The van der Waals surface area contributed by atoms with Crippen LogP contribution in [0.15, 0.2) is 36.5 Å². The van der Waals surface area contributed by atoms with Gasteiger partial charge in [-0.1, -0.05) is 172 Å². The number of rotatable bonds is 39. The van der Waals surface area contributed by atoms with Crippen molar-refractivity contribution in [2.24, 2.45) is 0 Å². The lowest BCUT2D eigenvalue weighted by atomic mass is 9.85. The zero-order chi connectivity index (χ0) is 45.0. The molecule has 0 saturated heterocycles. The van der Waals surface area contributed by atoms with Crippen molar-refractivity contribution in [3.05, 3.63) is 36.5 Å². The van der Waals surface area contributed by atoms with Crippen LogP contribution in [-0.2, 0) is 32.7 Å². The molecule has 6 N–H and O–H groups in total. The van der Waals surface area contributed by atoms with Crippen LogP contribution in [0.3, 0.4) is 0 Å². The Morgan fingerprint density at radius 1 is 0.508 bits per heavy atom. The number of carbonyl (C=O) groups excluding carboxylic acids is 2. The van der Waals surface area contributed by atoms with E-state index in [1.54, 1.807) is 0 Å².